The standard InChI is InChI=1S/C24H26N2O5S/c1-30-20-14-15-22(31-2)21(16-20)26(32(3,28)29)17-23(27)25-24(18-10-6-4-7-11-18)19-12-8-5-9-13-19/h4-16,24H,17H2,1-3H3,(H,25,27). The Bertz CT molecular complexity index is 1110. The minimum absolute atomic E-state index is 0.223. The molecule has 8 heteroatoms. The largest absolute Gasteiger partial charge is 0.497 e. The summed E-state index contributed by atoms with van der Waals surface area (Å²) >= 11 is 0. The first kappa shape index (κ1) is 23.1. The molecule has 0 saturated heterocycles. The summed E-state index contributed by atoms with van der Waals surface area (Å²) in [5, 5.41) is 2.97. The van der Waals surface area contributed by atoms with E-state index in [-0.39, 0.29) is 5.69 Å². The molecule has 3 aromatic rings. The monoisotopic (exact) mass is 454 g/mol. The minimum atomic E-state index is -3.80. The highest BCUT2D eigenvalue weighted by Crippen LogP contribution is 2.33. The number of sulfonamides is 1. The van der Waals surface area contributed by atoms with Crippen LogP contribution < -0.4 is 19.1 Å². The number of ether oxygens (including phenoxy) is 2. The highest BCUT2D eigenvalue weighted by molar-refractivity contribution is 7.92. The second-order valence-electron chi connectivity index (χ2n) is 7.13. The first-order valence-electron chi connectivity index (χ1n) is 9.92. The molecule has 3 aromatic carbocycles. The number of hydrogen-bond donors (Lipinski definition) is 1. The van der Waals surface area contributed by atoms with Crippen molar-refractivity contribution in [1.29, 1.82) is 0 Å². The molecule has 1 amide bonds. The lowest BCUT2D eigenvalue weighted by Gasteiger charge is -2.26. The van der Waals surface area contributed by atoms with E-state index in [1.165, 1.54) is 20.3 Å². The van der Waals surface area contributed by atoms with Crippen molar-refractivity contribution in [2.45, 2.75) is 6.04 Å². The number of hydrogen-bond acceptors (Lipinski definition) is 5. The van der Waals surface area contributed by atoms with Gasteiger partial charge in [-0.05, 0) is 23.3 Å². The molecule has 0 atom stereocenters. The van der Waals surface area contributed by atoms with Crippen molar-refractivity contribution in [3.05, 3.63) is 90.0 Å². The van der Waals surface area contributed by atoms with Crippen LogP contribution in [0.15, 0.2) is 78.9 Å². The van der Waals surface area contributed by atoms with E-state index in [1.54, 1.807) is 12.1 Å². The third-order valence-corrected chi connectivity index (χ3v) is 6.04. The lowest BCUT2D eigenvalue weighted by molar-refractivity contribution is -0.120. The van der Waals surface area contributed by atoms with Crippen LogP contribution in [0.1, 0.15) is 17.2 Å². The average Bonchev–Trinajstić information content (AvgIpc) is 2.81. The van der Waals surface area contributed by atoms with Gasteiger partial charge >= 0.3 is 0 Å². The van der Waals surface area contributed by atoms with Crippen LogP contribution >= 0.6 is 0 Å². The second kappa shape index (κ2) is 10.2. The zero-order valence-electron chi connectivity index (χ0n) is 18.2. The summed E-state index contributed by atoms with van der Waals surface area (Å²) in [7, 11) is -0.882. The third kappa shape index (κ3) is 5.59. The average molecular weight is 455 g/mol. The fraction of sp³-hybridized carbons (Fsp3) is 0.208. The van der Waals surface area contributed by atoms with Crippen LogP contribution in [0.4, 0.5) is 5.69 Å². The van der Waals surface area contributed by atoms with Crippen molar-refractivity contribution in [1.82, 2.24) is 5.32 Å². The first-order chi connectivity index (χ1) is 15.3. The molecule has 0 aliphatic heterocycles. The third-order valence-electron chi connectivity index (χ3n) is 4.91. The quantitative estimate of drug-likeness (QED) is 0.536. The number of nitrogens with one attached hydrogen (secondary N) is 1. The van der Waals surface area contributed by atoms with Gasteiger partial charge in [0.2, 0.25) is 15.9 Å². The van der Waals surface area contributed by atoms with Crippen molar-refractivity contribution >= 4 is 21.6 Å². The molecule has 0 unspecified atom stereocenters. The highest BCUT2D eigenvalue weighted by Gasteiger charge is 2.26. The lowest BCUT2D eigenvalue weighted by Crippen LogP contribution is -2.42. The summed E-state index contributed by atoms with van der Waals surface area (Å²) in [4.78, 5) is 13.1. The van der Waals surface area contributed by atoms with Gasteiger partial charge in [-0.1, -0.05) is 60.7 Å². The van der Waals surface area contributed by atoms with Gasteiger partial charge in [-0.3, -0.25) is 9.10 Å². The van der Waals surface area contributed by atoms with Crippen molar-refractivity contribution in [3.63, 3.8) is 0 Å². The molecule has 0 spiro atoms. The number of nitrogens with zero attached hydrogens (tertiary/aromatic N) is 1. The highest BCUT2D eigenvalue weighted by atomic mass is 32.2. The summed E-state index contributed by atoms with van der Waals surface area (Å²) in [6.45, 7) is -0.418. The van der Waals surface area contributed by atoms with Gasteiger partial charge in [0.25, 0.3) is 0 Å². The molecular weight excluding hydrogens is 428 g/mol. The van der Waals surface area contributed by atoms with E-state index in [9.17, 15) is 13.2 Å². The Kier molecular flexibility index (Phi) is 7.37. The smallest absolute Gasteiger partial charge is 0.241 e. The predicted molar refractivity (Wildman–Crippen MR) is 125 cm³/mol. The minimum Gasteiger partial charge on any atom is -0.497 e. The SMILES string of the molecule is COc1ccc(OC)c(N(CC(=O)NC(c2ccccc2)c2ccccc2)S(C)(=O)=O)c1. The van der Waals surface area contributed by atoms with Crippen molar-refractivity contribution in [3.8, 4) is 11.5 Å². The van der Waals surface area contributed by atoms with Crippen LogP contribution in [0.25, 0.3) is 0 Å². The first-order valence-corrected chi connectivity index (χ1v) is 11.8. The molecule has 0 fully saturated rings. The molecule has 0 aromatic heterocycles. The number of carbonyl (C=O) groups excluding carboxylic acids is 1. The van der Waals surface area contributed by atoms with E-state index in [4.69, 9.17) is 9.47 Å². The molecule has 3 rings (SSSR count). The molecule has 1 N–H and O–H groups in total. The molecule has 0 saturated carbocycles. The maximum absolute atomic E-state index is 13.1. The van der Waals surface area contributed by atoms with Crippen LogP contribution in [0.2, 0.25) is 0 Å². The van der Waals surface area contributed by atoms with Crippen LogP contribution in [0.5, 0.6) is 11.5 Å². The summed E-state index contributed by atoms with van der Waals surface area (Å²) in [6.07, 6.45) is 1.05. The van der Waals surface area contributed by atoms with E-state index < -0.39 is 28.5 Å². The molecule has 0 aliphatic carbocycles. The maximum atomic E-state index is 13.1. The predicted octanol–water partition coefficient (Wildman–Crippen LogP) is 3.38. The van der Waals surface area contributed by atoms with Gasteiger partial charge in [0, 0.05) is 6.07 Å². The number of methoxy groups -OCH3 is 2. The van der Waals surface area contributed by atoms with Gasteiger partial charge in [-0.25, -0.2) is 8.42 Å². The summed E-state index contributed by atoms with van der Waals surface area (Å²) in [5.74, 6) is 0.297. The van der Waals surface area contributed by atoms with Crippen molar-refractivity contribution in [2.24, 2.45) is 0 Å². The Morgan fingerprint density at radius 2 is 1.47 bits per heavy atom. The van der Waals surface area contributed by atoms with Gasteiger partial charge in [0.05, 0.1) is 32.2 Å². The number of rotatable bonds is 9. The van der Waals surface area contributed by atoms with E-state index in [0.29, 0.717) is 11.5 Å². The molecule has 0 heterocycles. The molecule has 0 radical (unpaired) electrons. The van der Waals surface area contributed by atoms with Crippen LogP contribution in [-0.2, 0) is 14.8 Å². The van der Waals surface area contributed by atoms with Crippen LogP contribution in [-0.4, -0.2) is 41.3 Å². The molecule has 32 heavy (non-hydrogen) atoms. The Morgan fingerprint density at radius 1 is 0.906 bits per heavy atom. The fourth-order valence-electron chi connectivity index (χ4n) is 3.36. The number of anilines is 1. The van der Waals surface area contributed by atoms with E-state index >= 15 is 0 Å². The summed E-state index contributed by atoms with van der Waals surface area (Å²) in [6, 6.07) is 23.4. The van der Waals surface area contributed by atoms with Crippen molar-refractivity contribution in [2.75, 3.05) is 31.3 Å². The normalized spacial score (nSPS) is 11.1. The van der Waals surface area contributed by atoms with Gasteiger partial charge < -0.3 is 14.8 Å². The maximum Gasteiger partial charge on any atom is 0.241 e. The topological polar surface area (TPSA) is 84.9 Å². The van der Waals surface area contributed by atoms with Crippen LogP contribution in [0.3, 0.4) is 0 Å². The van der Waals surface area contributed by atoms with Gasteiger partial charge in [-0.15, -0.1) is 0 Å². The fourth-order valence-corrected chi connectivity index (χ4v) is 4.21. The number of carbonyl (C=O) groups is 1. The summed E-state index contributed by atoms with van der Waals surface area (Å²) in [5.41, 5.74) is 1.99. The molecule has 0 bridgehead atoms. The second-order valence-corrected chi connectivity index (χ2v) is 9.04. The Balaban J connectivity index is 1.93. The van der Waals surface area contributed by atoms with Gasteiger partial charge in [0.15, 0.2) is 0 Å². The van der Waals surface area contributed by atoms with E-state index in [2.05, 4.69) is 5.32 Å². The number of amides is 1. The molecule has 0 aliphatic rings. The summed E-state index contributed by atoms with van der Waals surface area (Å²) < 4.78 is 36.8. The zero-order chi connectivity index (χ0) is 23.1. The zero-order valence-corrected chi connectivity index (χ0v) is 19.0. The molecule has 7 nitrogen and oxygen atoms in total. The molecule has 168 valence electrons. The Labute approximate surface area is 188 Å². The van der Waals surface area contributed by atoms with Crippen molar-refractivity contribution < 1.29 is 22.7 Å². The molecular formula is C24H26N2O5S. The van der Waals surface area contributed by atoms with Gasteiger partial charge in [0.1, 0.15) is 18.0 Å². The van der Waals surface area contributed by atoms with E-state index in [0.717, 1.165) is 21.7 Å². The van der Waals surface area contributed by atoms with Gasteiger partial charge in [-0.2, -0.15) is 0 Å². The van der Waals surface area contributed by atoms with E-state index in [1.807, 2.05) is 60.7 Å². The Morgan fingerprint density at radius 3 is 1.94 bits per heavy atom. The number of benzene rings is 3. The Hall–Kier alpha value is -3.52. The van der Waals surface area contributed by atoms with Crippen LogP contribution in [0, 0.1) is 0 Å². The lowest BCUT2D eigenvalue weighted by atomic mass is 9.99.